The van der Waals surface area contributed by atoms with Crippen molar-refractivity contribution in [3.63, 3.8) is 0 Å². The Morgan fingerprint density at radius 1 is 0.433 bits per heavy atom. The molecule has 292 valence electrons. The largest absolute Gasteiger partial charge is 0.309 e. The Morgan fingerprint density at radius 3 is 1.47 bits per heavy atom. The van der Waals surface area contributed by atoms with Crippen molar-refractivity contribution in [1.82, 2.24) is 9.13 Å². The second kappa shape index (κ2) is 14.4. The van der Waals surface area contributed by atoms with Gasteiger partial charge in [-0.25, -0.2) is 0 Å². The van der Waals surface area contributed by atoms with E-state index in [1.165, 1.54) is 116 Å². The van der Waals surface area contributed by atoms with E-state index >= 15 is 0 Å². The van der Waals surface area contributed by atoms with Crippen LogP contribution in [-0.2, 0) is 0 Å². The standard InChI is InChI=1S/C57H48N2S/c1-5-31-57(3,4)50(6-2)41-16-14-18-43(33-41)59-53-24-12-9-21-46(53)47-34-38(25-28-54(47)59)40-27-30-56-49(36-40)48-35-39(26-29-55(48)60-56)37-15-13-17-42(32-37)58-51-22-10-7-19-44(51)45-20-8-11-23-52(45)58/h7-30,32-36,50H,5-6,31H2,1-4H3. The van der Waals surface area contributed by atoms with Crippen molar-refractivity contribution in [2.24, 2.45) is 5.41 Å². The van der Waals surface area contributed by atoms with Gasteiger partial charge >= 0.3 is 0 Å². The van der Waals surface area contributed by atoms with Crippen molar-refractivity contribution in [2.45, 2.75) is 52.9 Å². The molecule has 0 aliphatic rings. The van der Waals surface area contributed by atoms with Crippen LogP contribution in [0.5, 0.6) is 0 Å². The quantitative estimate of drug-likeness (QED) is 0.138. The molecule has 2 nitrogen and oxygen atoms in total. The molecule has 3 aromatic heterocycles. The van der Waals surface area contributed by atoms with E-state index in [-0.39, 0.29) is 5.41 Å². The number of hydrogen-bond acceptors (Lipinski definition) is 1. The predicted molar refractivity (Wildman–Crippen MR) is 261 cm³/mol. The van der Waals surface area contributed by atoms with Crippen LogP contribution >= 0.6 is 11.3 Å². The highest BCUT2D eigenvalue weighted by atomic mass is 32.1. The van der Waals surface area contributed by atoms with Gasteiger partial charge in [0.05, 0.1) is 22.1 Å². The van der Waals surface area contributed by atoms with E-state index < -0.39 is 0 Å². The van der Waals surface area contributed by atoms with E-state index in [0.717, 1.165) is 6.42 Å². The van der Waals surface area contributed by atoms with Gasteiger partial charge in [0, 0.05) is 53.1 Å². The lowest BCUT2D eigenvalue weighted by Gasteiger charge is -2.34. The molecule has 0 fully saturated rings. The Balaban J connectivity index is 0.992. The number of thiophene rings is 1. The highest BCUT2D eigenvalue weighted by molar-refractivity contribution is 7.25. The highest BCUT2D eigenvalue weighted by Gasteiger charge is 2.29. The second-order valence-corrected chi connectivity index (χ2v) is 18.4. The maximum Gasteiger partial charge on any atom is 0.0541 e. The molecule has 0 radical (unpaired) electrons. The van der Waals surface area contributed by atoms with Crippen LogP contribution < -0.4 is 0 Å². The minimum atomic E-state index is 0.244. The van der Waals surface area contributed by atoms with Gasteiger partial charge < -0.3 is 9.13 Å². The van der Waals surface area contributed by atoms with E-state index in [1.54, 1.807) is 0 Å². The van der Waals surface area contributed by atoms with Gasteiger partial charge in [0.25, 0.3) is 0 Å². The summed E-state index contributed by atoms with van der Waals surface area (Å²) in [4.78, 5) is 0. The Hall–Kier alpha value is -6.42. The fourth-order valence-corrected chi connectivity index (χ4v) is 11.6. The molecule has 11 aromatic rings. The van der Waals surface area contributed by atoms with Crippen molar-refractivity contribution in [3.8, 4) is 33.6 Å². The Bertz CT molecular complexity index is 3370. The molecule has 3 heterocycles. The van der Waals surface area contributed by atoms with E-state index in [0.29, 0.717) is 5.92 Å². The van der Waals surface area contributed by atoms with Crippen LogP contribution in [0.4, 0.5) is 0 Å². The molecule has 1 atom stereocenters. The summed E-state index contributed by atoms with van der Waals surface area (Å²) in [5.74, 6) is 0.507. The summed E-state index contributed by atoms with van der Waals surface area (Å²) in [6, 6.07) is 65.9. The van der Waals surface area contributed by atoms with Crippen molar-refractivity contribution in [3.05, 3.63) is 181 Å². The first-order valence-corrected chi connectivity index (χ1v) is 22.4. The number of aromatic nitrogens is 2. The van der Waals surface area contributed by atoms with Gasteiger partial charge in [-0.1, -0.05) is 131 Å². The predicted octanol–water partition coefficient (Wildman–Crippen LogP) is 16.9. The molecule has 60 heavy (non-hydrogen) atoms. The Morgan fingerprint density at radius 2 is 0.900 bits per heavy atom. The molecule has 11 rings (SSSR count). The molecule has 0 aliphatic carbocycles. The van der Waals surface area contributed by atoms with Gasteiger partial charge in [-0.15, -0.1) is 11.3 Å². The minimum absolute atomic E-state index is 0.244. The maximum atomic E-state index is 2.48. The molecular formula is C57H48N2S. The maximum absolute atomic E-state index is 2.48. The summed E-state index contributed by atoms with van der Waals surface area (Å²) in [6.45, 7) is 9.55. The third-order valence-corrected chi connectivity index (χ3v) is 14.4. The molecule has 0 spiro atoms. The summed E-state index contributed by atoms with van der Waals surface area (Å²) in [6.07, 6.45) is 3.56. The summed E-state index contributed by atoms with van der Waals surface area (Å²) < 4.78 is 7.51. The summed E-state index contributed by atoms with van der Waals surface area (Å²) in [7, 11) is 0. The van der Waals surface area contributed by atoms with Crippen LogP contribution in [-0.4, -0.2) is 9.13 Å². The number of hydrogen-bond donors (Lipinski definition) is 0. The number of nitrogens with zero attached hydrogens (tertiary/aromatic N) is 2. The van der Waals surface area contributed by atoms with Gasteiger partial charge in [0.1, 0.15) is 0 Å². The van der Waals surface area contributed by atoms with Crippen LogP contribution in [0.25, 0.3) is 97.4 Å². The topological polar surface area (TPSA) is 9.86 Å². The normalized spacial score (nSPS) is 12.8. The molecular weight excluding hydrogens is 745 g/mol. The van der Waals surface area contributed by atoms with Crippen LogP contribution in [0.2, 0.25) is 0 Å². The van der Waals surface area contributed by atoms with Crippen LogP contribution in [0.1, 0.15) is 58.4 Å². The smallest absolute Gasteiger partial charge is 0.0541 e. The molecule has 0 saturated carbocycles. The fourth-order valence-electron chi connectivity index (χ4n) is 10.5. The highest BCUT2D eigenvalue weighted by Crippen LogP contribution is 2.44. The zero-order valence-electron chi connectivity index (χ0n) is 34.7. The average molecular weight is 793 g/mol. The number of rotatable bonds is 9. The lowest BCUT2D eigenvalue weighted by molar-refractivity contribution is 0.253. The molecule has 0 bridgehead atoms. The minimum Gasteiger partial charge on any atom is -0.309 e. The van der Waals surface area contributed by atoms with Gasteiger partial charge in [0.15, 0.2) is 0 Å². The third kappa shape index (κ3) is 5.90. The van der Waals surface area contributed by atoms with E-state index in [1.807, 2.05) is 11.3 Å². The van der Waals surface area contributed by atoms with Gasteiger partial charge in [-0.3, -0.25) is 0 Å². The molecule has 0 N–H and O–H groups in total. The van der Waals surface area contributed by atoms with Gasteiger partial charge in [-0.05, 0) is 131 Å². The molecule has 0 amide bonds. The van der Waals surface area contributed by atoms with Gasteiger partial charge in [0.2, 0.25) is 0 Å². The monoisotopic (exact) mass is 792 g/mol. The van der Waals surface area contributed by atoms with Crippen molar-refractivity contribution in [2.75, 3.05) is 0 Å². The average Bonchev–Trinajstić information content (AvgIpc) is 3.93. The van der Waals surface area contributed by atoms with Gasteiger partial charge in [-0.2, -0.15) is 0 Å². The molecule has 1 unspecified atom stereocenters. The first-order chi connectivity index (χ1) is 29.4. The summed E-state index contributed by atoms with van der Waals surface area (Å²) >= 11 is 1.88. The van der Waals surface area contributed by atoms with Crippen molar-refractivity contribution in [1.29, 1.82) is 0 Å². The van der Waals surface area contributed by atoms with Crippen molar-refractivity contribution < 1.29 is 0 Å². The number of para-hydroxylation sites is 3. The first kappa shape index (κ1) is 36.6. The molecule has 8 aromatic carbocycles. The molecule has 0 aliphatic heterocycles. The summed E-state index contributed by atoms with van der Waals surface area (Å²) in [5.41, 5.74) is 14.0. The first-order valence-electron chi connectivity index (χ1n) is 21.6. The van der Waals surface area contributed by atoms with Crippen molar-refractivity contribution >= 4 is 75.1 Å². The van der Waals surface area contributed by atoms with Crippen LogP contribution in [0.15, 0.2) is 176 Å². The van der Waals surface area contributed by atoms with E-state index in [2.05, 4.69) is 213 Å². The zero-order valence-corrected chi connectivity index (χ0v) is 35.6. The Labute approximate surface area is 356 Å². The SMILES string of the molecule is CCCC(C)(C)C(CC)c1cccc(-n2c3ccccc3c3cc(-c4ccc5sc6ccc(-c7cccc(-n8c9ccccc9c9ccccc98)c7)cc6c5c4)ccc32)c1. The molecule has 0 saturated heterocycles. The molecule has 3 heteroatoms. The van der Waals surface area contributed by atoms with Crippen LogP contribution in [0, 0.1) is 5.41 Å². The van der Waals surface area contributed by atoms with E-state index in [4.69, 9.17) is 0 Å². The number of fused-ring (bicyclic) bond motifs is 9. The summed E-state index contributed by atoms with van der Waals surface area (Å²) in [5, 5.41) is 7.75. The second-order valence-electron chi connectivity index (χ2n) is 17.3. The lowest BCUT2D eigenvalue weighted by Crippen LogP contribution is -2.21. The van der Waals surface area contributed by atoms with Crippen LogP contribution in [0.3, 0.4) is 0 Å². The Kier molecular flexibility index (Phi) is 8.79. The third-order valence-electron chi connectivity index (χ3n) is 13.3. The number of benzene rings is 8. The van der Waals surface area contributed by atoms with E-state index in [9.17, 15) is 0 Å². The lowest BCUT2D eigenvalue weighted by atomic mass is 9.71. The zero-order chi connectivity index (χ0) is 40.5. The fraction of sp³-hybridized carbons (Fsp3) is 0.158.